The van der Waals surface area contributed by atoms with Gasteiger partial charge in [-0.2, -0.15) is 0 Å². The number of likely N-dealkylation sites (N-methyl/N-ethyl adjacent to an activating group) is 1. The molecule has 0 fully saturated rings. The fourth-order valence-electron chi connectivity index (χ4n) is 5.67. The number of amides is 1. The highest BCUT2D eigenvalue weighted by Crippen LogP contribution is 2.40. The van der Waals surface area contributed by atoms with Gasteiger partial charge in [0.2, 0.25) is 0 Å². The lowest BCUT2D eigenvalue weighted by atomic mass is 9.90. The van der Waals surface area contributed by atoms with Crippen molar-refractivity contribution in [2.24, 2.45) is 4.99 Å². The Morgan fingerprint density at radius 1 is 0.978 bits per heavy atom. The van der Waals surface area contributed by atoms with Crippen molar-refractivity contribution in [2.75, 3.05) is 40.5 Å². The van der Waals surface area contributed by atoms with Gasteiger partial charge in [-0.15, -0.1) is 0 Å². The van der Waals surface area contributed by atoms with Crippen molar-refractivity contribution in [1.29, 1.82) is 0 Å². The molecule has 0 unspecified atom stereocenters. The van der Waals surface area contributed by atoms with Crippen molar-refractivity contribution in [3.8, 4) is 17.2 Å². The molecular weight excluding hydrogens is 606 g/mol. The molecule has 0 radical (unpaired) electrons. The number of aromatic nitrogens is 1. The number of methoxy groups -OCH3 is 2. The zero-order valence-electron chi connectivity index (χ0n) is 26.8. The van der Waals surface area contributed by atoms with E-state index in [1.165, 1.54) is 18.4 Å². The van der Waals surface area contributed by atoms with Gasteiger partial charge in [-0.3, -0.25) is 14.2 Å². The second-order valence-electron chi connectivity index (χ2n) is 10.5. The molecule has 0 spiro atoms. The summed E-state index contributed by atoms with van der Waals surface area (Å²) in [4.78, 5) is 47.3. The Labute approximate surface area is 270 Å². The summed E-state index contributed by atoms with van der Waals surface area (Å²) in [5.41, 5.74) is 2.10. The molecule has 10 nitrogen and oxygen atoms in total. The van der Waals surface area contributed by atoms with Crippen LogP contribution in [0.25, 0.3) is 16.8 Å². The number of carbonyl (C=O) groups excluding carboxylic acids is 2. The van der Waals surface area contributed by atoms with Gasteiger partial charge in [0.15, 0.2) is 22.9 Å². The second kappa shape index (κ2) is 14.0. The number of hydrogen-bond donors (Lipinski definition) is 0. The largest absolute Gasteiger partial charge is 0.496 e. The first kappa shape index (κ1) is 32.5. The summed E-state index contributed by atoms with van der Waals surface area (Å²) in [7, 11) is 3.09. The van der Waals surface area contributed by atoms with E-state index < -0.39 is 12.0 Å². The smallest absolute Gasteiger partial charge is 0.344 e. The molecule has 5 rings (SSSR count). The lowest BCUT2D eigenvalue weighted by Gasteiger charge is -2.30. The predicted molar refractivity (Wildman–Crippen MR) is 177 cm³/mol. The van der Waals surface area contributed by atoms with Gasteiger partial charge in [-0.05, 0) is 68.3 Å². The molecule has 1 aliphatic heterocycles. The number of ether oxygens (including phenoxy) is 4. The minimum atomic E-state index is -0.777. The summed E-state index contributed by atoms with van der Waals surface area (Å²) in [6.45, 7) is 8.43. The van der Waals surface area contributed by atoms with Gasteiger partial charge in [0.1, 0.15) is 11.8 Å². The van der Waals surface area contributed by atoms with E-state index in [2.05, 4.69) is 0 Å². The fourth-order valence-corrected chi connectivity index (χ4v) is 6.72. The minimum Gasteiger partial charge on any atom is -0.496 e. The predicted octanol–water partition coefficient (Wildman–Crippen LogP) is 4.22. The number of nitrogens with zero attached hydrogens (tertiary/aromatic N) is 3. The van der Waals surface area contributed by atoms with Gasteiger partial charge in [0.05, 0.1) is 36.6 Å². The average Bonchev–Trinajstić information content (AvgIpc) is 3.36. The van der Waals surface area contributed by atoms with Crippen molar-refractivity contribution in [3.05, 3.63) is 96.7 Å². The Hall–Kier alpha value is -4.90. The molecule has 3 aromatic carbocycles. The molecule has 1 aliphatic rings. The van der Waals surface area contributed by atoms with Crippen LogP contribution in [0.15, 0.2) is 75.7 Å². The molecule has 240 valence electrons. The molecule has 0 bridgehead atoms. The maximum atomic E-state index is 14.4. The third-order valence-electron chi connectivity index (χ3n) is 7.86. The highest BCUT2D eigenvalue weighted by atomic mass is 32.1. The van der Waals surface area contributed by atoms with E-state index in [0.717, 1.165) is 16.3 Å². The Morgan fingerprint density at radius 2 is 1.70 bits per heavy atom. The first-order chi connectivity index (χ1) is 22.3. The molecule has 1 amide bonds. The Kier molecular flexibility index (Phi) is 9.91. The van der Waals surface area contributed by atoms with Gasteiger partial charge in [0, 0.05) is 18.7 Å². The van der Waals surface area contributed by atoms with Crippen LogP contribution in [0.4, 0.5) is 0 Å². The lowest BCUT2D eigenvalue weighted by Crippen LogP contribution is -2.43. The molecule has 0 aliphatic carbocycles. The monoisotopic (exact) mass is 643 g/mol. The zero-order chi connectivity index (χ0) is 33.0. The third kappa shape index (κ3) is 6.15. The molecule has 0 saturated heterocycles. The first-order valence-corrected chi connectivity index (χ1v) is 15.9. The summed E-state index contributed by atoms with van der Waals surface area (Å²) in [5.74, 6) is 0.672. The van der Waals surface area contributed by atoms with Gasteiger partial charge in [-0.25, -0.2) is 9.79 Å². The van der Waals surface area contributed by atoms with Crippen LogP contribution in [-0.4, -0.2) is 61.9 Å². The van der Waals surface area contributed by atoms with Crippen molar-refractivity contribution in [1.82, 2.24) is 9.47 Å². The van der Waals surface area contributed by atoms with Crippen molar-refractivity contribution >= 4 is 40.1 Å². The maximum Gasteiger partial charge on any atom is 0.344 e. The quantitative estimate of drug-likeness (QED) is 0.225. The molecule has 0 saturated carbocycles. The number of hydrogen-bond acceptors (Lipinski definition) is 9. The first-order valence-electron chi connectivity index (χ1n) is 15.1. The van der Waals surface area contributed by atoms with Crippen LogP contribution < -0.4 is 29.1 Å². The van der Waals surface area contributed by atoms with Crippen LogP contribution in [0.2, 0.25) is 0 Å². The highest BCUT2D eigenvalue weighted by molar-refractivity contribution is 7.07. The minimum absolute atomic E-state index is 0.177. The van der Waals surface area contributed by atoms with Crippen LogP contribution >= 0.6 is 11.3 Å². The van der Waals surface area contributed by atoms with E-state index in [9.17, 15) is 14.4 Å². The maximum absolute atomic E-state index is 14.4. The summed E-state index contributed by atoms with van der Waals surface area (Å²) in [5, 5.41) is 1.84. The number of fused-ring (bicyclic) bond motifs is 2. The van der Waals surface area contributed by atoms with Crippen LogP contribution in [0.5, 0.6) is 17.2 Å². The fraction of sp³-hybridized carbons (Fsp3) is 0.314. The van der Waals surface area contributed by atoms with Crippen LogP contribution in [0.3, 0.4) is 0 Å². The Balaban J connectivity index is 1.70. The topological polar surface area (TPSA) is 109 Å². The number of benzene rings is 3. The van der Waals surface area contributed by atoms with Crippen molar-refractivity contribution in [2.45, 2.75) is 33.7 Å². The molecule has 2 heterocycles. The van der Waals surface area contributed by atoms with E-state index in [4.69, 9.17) is 23.9 Å². The third-order valence-corrected chi connectivity index (χ3v) is 8.85. The molecule has 1 aromatic heterocycles. The molecule has 46 heavy (non-hydrogen) atoms. The Morgan fingerprint density at radius 3 is 2.39 bits per heavy atom. The second-order valence-corrected chi connectivity index (χ2v) is 11.5. The molecule has 1 atom stereocenters. The summed E-state index contributed by atoms with van der Waals surface area (Å²) >= 11 is 1.24. The van der Waals surface area contributed by atoms with Crippen molar-refractivity contribution < 1.29 is 28.5 Å². The van der Waals surface area contributed by atoms with E-state index in [1.54, 1.807) is 47.8 Å². The van der Waals surface area contributed by atoms with Crippen LogP contribution in [0.1, 0.15) is 44.9 Å². The van der Waals surface area contributed by atoms with Crippen LogP contribution in [0, 0.1) is 0 Å². The molecule has 0 N–H and O–H groups in total. The highest BCUT2D eigenvalue weighted by Gasteiger charge is 2.36. The number of carbonyl (C=O) groups is 2. The van der Waals surface area contributed by atoms with E-state index in [1.807, 2.05) is 57.2 Å². The molecular formula is C35H37N3O7S. The van der Waals surface area contributed by atoms with E-state index >= 15 is 0 Å². The number of allylic oxidation sites excluding steroid dienone is 1. The normalized spacial score (nSPS) is 14.5. The van der Waals surface area contributed by atoms with Gasteiger partial charge in [-0.1, -0.05) is 47.7 Å². The summed E-state index contributed by atoms with van der Waals surface area (Å²) < 4.78 is 23.9. The molecule has 4 aromatic rings. The molecule has 11 heteroatoms. The van der Waals surface area contributed by atoms with E-state index in [-0.39, 0.29) is 24.7 Å². The van der Waals surface area contributed by atoms with Gasteiger partial charge in [0.25, 0.3) is 11.5 Å². The van der Waals surface area contributed by atoms with E-state index in [0.29, 0.717) is 56.5 Å². The summed E-state index contributed by atoms with van der Waals surface area (Å²) in [6.07, 6.45) is 1.75. The number of thiazole rings is 1. The Bertz CT molecular complexity index is 2010. The standard InChI is InChI=1S/C35H37N3O7S/c1-7-37(8-2)34(41)30-21(4)36-35-38(32(30)31-24-13-11-10-12-23(24)15-17-26(31)42-5)33(40)28(46-35)19-22-14-16-25(27(18-22)43-6)45-20-29(39)44-9-3/h10-19,32H,7-9,20H2,1-6H3/b28-19+/t32-/m1/s1. The number of esters is 1. The van der Waals surface area contributed by atoms with Crippen LogP contribution in [-0.2, 0) is 14.3 Å². The zero-order valence-corrected chi connectivity index (χ0v) is 27.6. The lowest BCUT2D eigenvalue weighted by molar-refractivity contribution is -0.145. The SMILES string of the molecule is CCOC(=O)COc1ccc(/C=c2/sc3n(c2=O)[C@@H](c2c(OC)ccc4ccccc24)C(C(=O)N(CC)CC)=C(C)N=3)cc1OC. The number of rotatable bonds is 11. The van der Waals surface area contributed by atoms with Crippen molar-refractivity contribution in [3.63, 3.8) is 0 Å². The van der Waals surface area contributed by atoms with Gasteiger partial charge < -0.3 is 23.8 Å². The summed E-state index contributed by atoms with van der Waals surface area (Å²) in [6, 6.07) is 16.1. The van der Waals surface area contributed by atoms with Gasteiger partial charge >= 0.3 is 5.97 Å². The average molecular weight is 644 g/mol.